The molecule has 0 amide bonds. The van der Waals surface area contributed by atoms with Crippen LogP contribution < -0.4 is 10.4 Å². The molecule has 0 radical (unpaired) electrons. The van der Waals surface area contributed by atoms with Crippen molar-refractivity contribution in [3.63, 3.8) is 0 Å². The monoisotopic (exact) mass is 491 g/mol. The number of hydrogen-bond donors (Lipinski definition) is 1. The minimum absolute atomic E-state index is 0.0774. The quantitative estimate of drug-likeness (QED) is 0.496. The molecule has 1 N–H and O–H groups in total. The lowest BCUT2D eigenvalue weighted by Gasteiger charge is -2.31. The summed E-state index contributed by atoms with van der Waals surface area (Å²) in [5.41, 5.74) is 1.99. The topological polar surface area (TPSA) is 75.8 Å². The zero-order valence-corrected chi connectivity index (χ0v) is 20.9. The largest absolute Gasteiger partial charge is 0.492 e. The normalized spacial score (nSPS) is 18.5. The molecule has 1 aromatic heterocycles. The maximum absolute atomic E-state index is 13.0. The van der Waals surface area contributed by atoms with Crippen LogP contribution in [0.2, 0.25) is 0 Å². The molecule has 0 aliphatic carbocycles. The third-order valence-electron chi connectivity index (χ3n) is 7.47. The molecule has 2 fully saturated rings. The Morgan fingerprint density at radius 1 is 0.889 bits per heavy atom. The number of aliphatic hydroxyl groups excluding tert-OH is 1. The average molecular weight is 492 g/mol. The van der Waals surface area contributed by atoms with Gasteiger partial charge >= 0.3 is 5.69 Å². The van der Waals surface area contributed by atoms with Crippen LogP contribution in [0.25, 0.3) is 5.69 Å². The second-order valence-corrected chi connectivity index (χ2v) is 10.1. The molecule has 2 aliphatic heterocycles. The molecule has 3 aromatic rings. The van der Waals surface area contributed by atoms with Gasteiger partial charge in [-0.3, -0.25) is 9.80 Å². The number of likely N-dealkylation sites (tertiary alicyclic amines) is 2. The number of rotatable bonds is 9. The lowest BCUT2D eigenvalue weighted by Crippen LogP contribution is -2.38. The zero-order valence-electron chi connectivity index (χ0n) is 20.9. The summed E-state index contributed by atoms with van der Waals surface area (Å²) in [5, 5.41) is 14.1. The summed E-state index contributed by atoms with van der Waals surface area (Å²) in [5.74, 6) is 1.38. The Kier molecular flexibility index (Phi) is 8.15. The van der Waals surface area contributed by atoms with Crippen molar-refractivity contribution in [2.75, 3.05) is 39.3 Å². The van der Waals surface area contributed by atoms with Gasteiger partial charge in [0.25, 0.3) is 0 Å². The van der Waals surface area contributed by atoms with Crippen molar-refractivity contribution in [2.45, 2.75) is 44.9 Å². The van der Waals surface area contributed by atoms with Gasteiger partial charge in [-0.15, -0.1) is 0 Å². The minimum atomic E-state index is -0.154. The first-order valence-electron chi connectivity index (χ1n) is 13.2. The highest BCUT2D eigenvalue weighted by molar-refractivity contribution is 5.34. The molecule has 3 heterocycles. The maximum atomic E-state index is 13.0. The Labute approximate surface area is 212 Å². The highest BCUT2D eigenvalue weighted by Gasteiger charge is 2.21. The molecule has 192 valence electrons. The lowest BCUT2D eigenvalue weighted by atomic mass is 9.97. The molecule has 2 aliphatic rings. The number of aliphatic hydroxyl groups is 1. The second-order valence-electron chi connectivity index (χ2n) is 10.1. The van der Waals surface area contributed by atoms with E-state index < -0.39 is 0 Å². The van der Waals surface area contributed by atoms with Crippen LogP contribution in [0, 0.1) is 5.92 Å². The number of benzene rings is 2. The van der Waals surface area contributed by atoms with Crippen molar-refractivity contribution in [2.24, 2.45) is 5.92 Å². The smallest absolute Gasteiger partial charge is 0.350 e. The SMILES string of the molecule is O=c1n(-c2ccc(CN3CCC(O)CC3)cc2)cnn1CC1CCN(CCOc2ccccc2)CC1. The fraction of sp³-hybridized carbons (Fsp3) is 0.500. The van der Waals surface area contributed by atoms with E-state index in [1.165, 1.54) is 5.56 Å². The van der Waals surface area contributed by atoms with Crippen molar-refractivity contribution in [1.29, 1.82) is 0 Å². The molecule has 8 nitrogen and oxygen atoms in total. The van der Waals surface area contributed by atoms with E-state index in [2.05, 4.69) is 27.0 Å². The maximum Gasteiger partial charge on any atom is 0.350 e. The van der Waals surface area contributed by atoms with Crippen LogP contribution >= 0.6 is 0 Å². The van der Waals surface area contributed by atoms with Crippen LogP contribution in [0.3, 0.4) is 0 Å². The van der Waals surface area contributed by atoms with Crippen LogP contribution in [0.4, 0.5) is 0 Å². The molecule has 8 heteroatoms. The minimum Gasteiger partial charge on any atom is -0.492 e. The number of piperidine rings is 2. The number of hydrogen-bond acceptors (Lipinski definition) is 6. The third-order valence-corrected chi connectivity index (χ3v) is 7.47. The molecule has 2 saturated heterocycles. The summed E-state index contributed by atoms with van der Waals surface area (Å²) >= 11 is 0. The summed E-state index contributed by atoms with van der Waals surface area (Å²) in [4.78, 5) is 17.8. The van der Waals surface area contributed by atoms with E-state index in [0.717, 1.165) is 76.4 Å². The molecule has 0 bridgehead atoms. The Bertz CT molecular complexity index is 1130. The zero-order chi connectivity index (χ0) is 24.7. The molecular weight excluding hydrogens is 454 g/mol. The second kappa shape index (κ2) is 11.9. The summed E-state index contributed by atoms with van der Waals surface area (Å²) in [6.07, 6.45) is 5.29. The Morgan fingerprint density at radius 2 is 1.58 bits per heavy atom. The third kappa shape index (κ3) is 6.43. The fourth-order valence-electron chi connectivity index (χ4n) is 5.18. The van der Waals surface area contributed by atoms with Crippen molar-refractivity contribution < 1.29 is 9.84 Å². The van der Waals surface area contributed by atoms with Gasteiger partial charge in [-0.05, 0) is 74.5 Å². The van der Waals surface area contributed by atoms with Crippen LogP contribution in [-0.4, -0.2) is 74.7 Å². The molecule has 2 aromatic carbocycles. The number of ether oxygens (including phenoxy) is 1. The van der Waals surface area contributed by atoms with E-state index in [-0.39, 0.29) is 11.8 Å². The summed E-state index contributed by atoms with van der Waals surface area (Å²) in [7, 11) is 0. The first-order chi connectivity index (χ1) is 17.6. The van der Waals surface area contributed by atoms with E-state index in [1.54, 1.807) is 15.6 Å². The standard InChI is InChI=1S/C28H37N5O3/c34-26-12-16-31(17-13-26)20-23-6-8-25(9-7-23)32-22-29-33(28(32)35)21-24-10-14-30(15-11-24)18-19-36-27-4-2-1-3-5-27/h1-9,22,24,26,34H,10-21H2. The first-order valence-corrected chi connectivity index (χ1v) is 13.2. The fourth-order valence-corrected chi connectivity index (χ4v) is 5.18. The summed E-state index contributed by atoms with van der Waals surface area (Å²) < 4.78 is 9.08. The van der Waals surface area contributed by atoms with Gasteiger partial charge in [0.15, 0.2) is 0 Å². The number of aromatic nitrogens is 3. The molecule has 0 atom stereocenters. The van der Waals surface area contributed by atoms with Crippen LogP contribution in [-0.2, 0) is 13.1 Å². The van der Waals surface area contributed by atoms with Crippen molar-refractivity contribution >= 4 is 0 Å². The van der Waals surface area contributed by atoms with Crippen molar-refractivity contribution in [3.8, 4) is 11.4 Å². The van der Waals surface area contributed by atoms with Gasteiger partial charge in [0, 0.05) is 32.7 Å². The highest BCUT2D eigenvalue weighted by Crippen LogP contribution is 2.19. The Hall–Kier alpha value is -2.94. The van der Waals surface area contributed by atoms with Gasteiger partial charge < -0.3 is 9.84 Å². The predicted octanol–water partition coefficient (Wildman–Crippen LogP) is 2.78. The number of nitrogens with zero attached hydrogens (tertiary/aromatic N) is 5. The van der Waals surface area contributed by atoms with Crippen LogP contribution in [0.15, 0.2) is 65.7 Å². The number of para-hydroxylation sites is 1. The lowest BCUT2D eigenvalue weighted by molar-refractivity contribution is 0.0792. The van der Waals surface area contributed by atoms with Gasteiger partial charge in [-0.1, -0.05) is 30.3 Å². The van der Waals surface area contributed by atoms with Gasteiger partial charge in [0.2, 0.25) is 0 Å². The van der Waals surface area contributed by atoms with E-state index in [1.807, 2.05) is 42.5 Å². The van der Waals surface area contributed by atoms with Gasteiger partial charge in [0.05, 0.1) is 11.8 Å². The summed E-state index contributed by atoms with van der Waals surface area (Å²) in [6.45, 7) is 7.05. The van der Waals surface area contributed by atoms with E-state index >= 15 is 0 Å². The van der Waals surface area contributed by atoms with Gasteiger partial charge in [0.1, 0.15) is 18.7 Å². The molecule has 5 rings (SSSR count). The highest BCUT2D eigenvalue weighted by atomic mass is 16.5. The Balaban J connectivity index is 1.09. The molecule has 0 unspecified atom stereocenters. The van der Waals surface area contributed by atoms with E-state index in [0.29, 0.717) is 19.1 Å². The average Bonchev–Trinajstić information content (AvgIpc) is 3.27. The van der Waals surface area contributed by atoms with E-state index in [4.69, 9.17) is 4.74 Å². The molecule has 0 saturated carbocycles. The predicted molar refractivity (Wildman–Crippen MR) is 139 cm³/mol. The van der Waals surface area contributed by atoms with Crippen molar-refractivity contribution in [1.82, 2.24) is 24.1 Å². The Morgan fingerprint density at radius 3 is 2.31 bits per heavy atom. The van der Waals surface area contributed by atoms with Crippen LogP contribution in [0.5, 0.6) is 5.75 Å². The van der Waals surface area contributed by atoms with Gasteiger partial charge in [-0.2, -0.15) is 5.10 Å². The van der Waals surface area contributed by atoms with Crippen molar-refractivity contribution in [3.05, 3.63) is 77.0 Å². The van der Waals surface area contributed by atoms with Gasteiger partial charge in [-0.25, -0.2) is 14.0 Å². The van der Waals surface area contributed by atoms with Crippen LogP contribution in [0.1, 0.15) is 31.2 Å². The molecular formula is C28H37N5O3. The summed E-state index contributed by atoms with van der Waals surface area (Å²) in [6, 6.07) is 18.1. The molecule has 0 spiro atoms. The van der Waals surface area contributed by atoms with E-state index in [9.17, 15) is 9.90 Å². The molecule has 36 heavy (non-hydrogen) atoms. The first kappa shape index (κ1) is 24.7.